The second-order valence-electron chi connectivity index (χ2n) is 5.11. The van der Waals surface area contributed by atoms with Crippen molar-refractivity contribution in [1.82, 2.24) is 5.32 Å². The number of nitrogens with one attached hydrogen (secondary N) is 1. The summed E-state index contributed by atoms with van der Waals surface area (Å²) in [5.74, 6) is 1.39. The molecule has 1 N–H and O–H groups in total. The zero-order chi connectivity index (χ0) is 17.4. The molecule has 0 unspecified atom stereocenters. The maximum absolute atomic E-state index is 6.21. The molecular formula is C18H21BrClNO3. The third-order valence-electron chi connectivity index (χ3n) is 3.50. The van der Waals surface area contributed by atoms with Crippen molar-refractivity contribution in [2.75, 3.05) is 27.4 Å². The first-order valence-electron chi connectivity index (χ1n) is 7.58. The lowest BCUT2D eigenvalue weighted by molar-refractivity contribution is 0.199. The Labute approximate surface area is 156 Å². The van der Waals surface area contributed by atoms with E-state index in [2.05, 4.69) is 21.2 Å². The molecule has 0 radical (unpaired) electrons. The van der Waals surface area contributed by atoms with Crippen LogP contribution in [0.1, 0.15) is 11.1 Å². The smallest absolute Gasteiger partial charge is 0.167 e. The van der Waals surface area contributed by atoms with Crippen LogP contribution in [0.5, 0.6) is 11.5 Å². The molecule has 0 aromatic heterocycles. The molecule has 0 amide bonds. The van der Waals surface area contributed by atoms with Crippen molar-refractivity contribution in [2.45, 2.75) is 13.2 Å². The van der Waals surface area contributed by atoms with E-state index < -0.39 is 0 Å². The average Bonchev–Trinajstić information content (AvgIpc) is 2.59. The Morgan fingerprint density at radius 2 is 1.92 bits per heavy atom. The number of hydrogen-bond acceptors (Lipinski definition) is 4. The molecule has 0 saturated carbocycles. The fraction of sp³-hybridized carbons (Fsp3) is 0.333. The zero-order valence-electron chi connectivity index (χ0n) is 13.8. The average molecular weight is 415 g/mol. The number of methoxy groups -OCH3 is 2. The Kier molecular flexibility index (Phi) is 7.85. The quantitative estimate of drug-likeness (QED) is 0.616. The monoisotopic (exact) mass is 413 g/mol. The first kappa shape index (κ1) is 19.1. The van der Waals surface area contributed by atoms with Gasteiger partial charge in [-0.05, 0) is 18.2 Å². The Morgan fingerprint density at radius 1 is 1.12 bits per heavy atom. The summed E-state index contributed by atoms with van der Waals surface area (Å²) in [5.41, 5.74) is 1.93. The molecule has 0 aliphatic heterocycles. The molecule has 0 atom stereocenters. The molecule has 0 spiro atoms. The first-order chi connectivity index (χ1) is 11.7. The molecule has 2 rings (SSSR count). The van der Waals surface area contributed by atoms with Crippen LogP contribution < -0.4 is 14.8 Å². The summed E-state index contributed by atoms with van der Waals surface area (Å²) in [4.78, 5) is 0. The van der Waals surface area contributed by atoms with Crippen LogP contribution in [-0.2, 0) is 17.9 Å². The predicted octanol–water partition coefficient (Wildman–Crippen LogP) is 4.43. The fourth-order valence-electron chi connectivity index (χ4n) is 2.22. The van der Waals surface area contributed by atoms with Crippen LogP contribution in [0.3, 0.4) is 0 Å². The van der Waals surface area contributed by atoms with Crippen LogP contribution >= 0.6 is 27.5 Å². The third-order valence-corrected chi connectivity index (χ3v) is 4.61. The maximum atomic E-state index is 6.21. The van der Waals surface area contributed by atoms with Crippen molar-refractivity contribution in [3.63, 3.8) is 0 Å². The van der Waals surface area contributed by atoms with Gasteiger partial charge in [0.2, 0.25) is 0 Å². The van der Waals surface area contributed by atoms with E-state index in [1.54, 1.807) is 14.2 Å². The number of hydrogen-bond donors (Lipinski definition) is 1. The van der Waals surface area contributed by atoms with Crippen LogP contribution in [0.4, 0.5) is 0 Å². The zero-order valence-corrected chi connectivity index (χ0v) is 16.1. The van der Waals surface area contributed by atoms with Crippen LogP contribution in [0, 0.1) is 0 Å². The largest absolute Gasteiger partial charge is 0.493 e. The van der Waals surface area contributed by atoms with E-state index in [-0.39, 0.29) is 0 Å². The molecule has 4 nitrogen and oxygen atoms in total. The standard InChI is InChI=1S/C18H21BrClNO3/c1-22-10-9-21-11-14-15(19)7-8-17(23-2)18(14)24-12-13-5-3-4-6-16(13)20/h3-8,21H,9-12H2,1-2H3. The summed E-state index contributed by atoms with van der Waals surface area (Å²) in [7, 11) is 3.31. The van der Waals surface area contributed by atoms with Crippen molar-refractivity contribution in [1.29, 1.82) is 0 Å². The van der Waals surface area contributed by atoms with Crippen molar-refractivity contribution in [2.24, 2.45) is 0 Å². The number of rotatable bonds is 9. The van der Waals surface area contributed by atoms with Gasteiger partial charge in [0.05, 0.1) is 13.7 Å². The van der Waals surface area contributed by atoms with Gasteiger partial charge in [-0.1, -0.05) is 45.7 Å². The number of benzene rings is 2. The molecule has 0 fully saturated rings. The van der Waals surface area contributed by atoms with E-state index in [4.69, 9.17) is 25.8 Å². The second-order valence-corrected chi connectivity index (χ2v) is 6.37. The van der Waals surface area contributed by atoms with Crippen molar-refractivity contribution < 1.29 is 14.2 Å². The summed E-state index contributed by atoms with van der Waals surface area (Å²) in [6.45, 7) is 2.41. The van der Waals surface area contributed by atoms with Crippen molar-refractivity contribution in [3.8, 4) is 11.5 Å². The van der Waals surface area contributed by atoms with Gasteiger partial charge in [0, 0.05) is 40.8 Å². The first-order valence-corrected chi connectivity index (χ1v) is 8.75. The Hall–Kier alpha value is -1.27. The molecule has 2 aromatic carbocycles. The Balaban J connectivity index is 2.19. The summed E-state index contributed by atoms with van der Waals surface area (Å²) in [6.07, 6.45) is 0. The van der Waals surface area contributed by atoms with Crippen molar-refractivity contribution in [3.05, 3.63) is 57.0 Å². The molecule has 0 heterocycles. The lowest BCUT2D eigenvalue weighted by Crippen LogP contribution is -2.19. The van der Waals surface area contributed by atoms with Gasteiger partial charge in [0.1, 0.15) is 6.61 Å². The van der Waals surface area contributed by atoms with Crippen LogP contribution in [-0.4, -0.2) is 27.4 Å². The number of ether oxygens (including phenoxy) is 3. The van der Waals surface area contributed by atoms with E-state index in [1.807, 2.05) is 36.4 Å². The lowest BCUT2D eigenvalue weighted by Gasteiger charge is -2.17. The van der Waals surface area contributed by atoms with Gasteiger partial charge in [0.15, 0.2) is 11.5 Å². The topological polar surface area (TPSA) is 39.7 Å². The minimum Gasteiger partial charge on any atom is -0.493 e. The normalized spacial score (nSPS) is 10.7. The van der Waals surface area contributed by atoms with E-state index in [0.29, 0.717) is 36.3 Å². The second kappa shape index (κ2) is 9.89. The molecule has 0 bridgehead atoms. The molecule has 24 heavy (non-hydrogen) atoms. The summed E-state index contributed by atoms with van der Waals surface area (Å²) >= 11 is 9.79. The van der Waals surface area contributed by atoms with Gasteiger partial charge >= 0.3 is 0 Å². The van der Waals surface area contributed by atoms with Gasteiger partial charge in [-0.25, -0.2) is 0 Å². The van der Waals surface area contributed by atoms with Gasteiger partial charge in [0.25, 0.3) is 0 Å². The molecule has 0 aliphatic rings. The van der Waals surface area contributed by atoms with E-state index in [0.717, 1.165) is 22.1 Å². The summed E-state index contributed by atoms with van der Waals surface area (Å²) in [5, 5.41) is 4.01. The fourth-order valence-corrected chi connectivity index (χ4v) is 2.86. The highest BCUT2D eigenvalue weighted by Gasteiger charge is 2.15. The van der Waals surface area contributed by atoms with E-state index in [1.165, 1.54) is 0 Å². The minimum atomic E-state index is 0.373. The molecular weight excluding hydrogens is 394 g/mol. The van der Waals surface area contributed by atoms with E-state index in [9.17, 15) is 0 Å². The van der Waals surface area contributed by atoms with Crippen LogP contribution in [0.2, 0.25) is 5.02 Å². The predicted molar refractivity (Wildman–Crippen MR) is 100 cm³/mol. The van der Waals surface area contributed by atoms with Crippen LogP contribution in [0.15, 0.2) is 40.9 Å². The highest BCUT2D eigenvalue weighted by atomic mass is 79.9. The molecule has 0 aliphatic carbocycles. The van der Waals surface area contributed by atoms with Gasteiger partial charge < -0.3 is 19.5 Å². The molecule has 0 saturated heterocycles. The Morgan fingerprint density at radius 3 is 2.62 bits per heavy atom. The van der Waals surface area contributed by atoms with Gasteiger partial charge in [-0.15, -0.1) is 0 Å². The molecule has 2 aromatic rings. The Bertz CT molecular complexity index is 667. The highest BCUT2D eigenvalue weighted by molar-refractivity contribution is 9.10. The van der Waals surface area contributed by atoms with Gasteiger partial charge in [-0.3, -0.25) is 0 Å². The summed E-state index contributed by atoms with van der Waals surface area (Å²) < 4.78 is 17.5. The highest BCUT2D eigenvalue weighted by Crippen LogP contribution is 2.37. The maximum Gasteiger partial charge on any atom is 0.167 e. The third kappa shape index (κ3) is 5.11. The summed E-state index contributed by atoms with van der Waals surface area (Å²) in [6, 6.07) is 11.5. The number of halogens is 2. The lowest BCUT2D eigenvalue weighted by atomic mass is 10.1. The van der Waals surface area contributed by atoms with Crippen molar-refractivity contribution >= 4 is 27.5 Å². The molecule has 130 valence electrons. The minimum absolute atomic E-state index is 0.373. The SMILES string of the molecule is COCCNCc1c(Br)ccc(OC)c1OCc1ccccc1Cl. The molecule has 6 heteroatoms. The van der Waals surface area contributed by atoms with E-state index >= 15 is 0 Å². The van der Waals surface area contributed by atoms with Gasteiger partial charge in [-0.2, -0.15) is 0 Å². The van der Waals surface area contributed by atoms with Crippen LogP contribution in [0.25, 0.3) is 0 Å².